The monoisotopic (exact) mass is 513 g/mol. The summed E-state index contributed by atoms with van der Waals surface area (Å²) in [5.41, 5.74) is 1.78. The zero-order valence-electron chi connectivity index (χ0n) is 19.7. The number of nitrogens with one attached hydrogen (secondary N) is 2. The van der Waals surface area contributed by atoms with Crippen molar-refractivity contribution in [3.05, 3.63) is 95.0 Å². The lowest BCUT2D eigenvalue weighted by Gasteiger charge is -2.30. The highest BCUT2D eigenvalue weighted by Crippen LogP contribution is 2.26. The number of anilines is 2. The number of nitrogens with zero attached hydrogens (tertiary/aromatic N) is 1. The van der Waals surface area contributed by atoms with E-state index in [1.807, 2.05) is 37.3 Å². The van der Waals surface area contributed by atoms with E-state index in [1.165, 1.54) is 6.07 Å². The van der Waals surface area contributed by atoms with Crippen LogP contribution < -0.4 is 14.9 Å². The summed E-state index contributed by atoms with van der Waals surface area (Å²) in [7, 11) is -3.82. The maximum absolute atomic E-state index is 13.3. The molecule has 2 amide bonds. The van der Waals surface area contributed by atoms with Crippen LogP contribution in [0.2, 0.25) is 5.02 Å². The minimum Gasteiger partial charge on any atom is -0.345 e. The number of para-hydroxylation sites is 1. The summed E-state index contributed by atoms with van der Waals surface area (Å²) in [5.74, 6) is -0.922. The highest BCUT2D eigenvalue weighted by Gasteiger charge is 2.32. The van der Waals surface area contributed by atoms with Crippen molar-refractivity contribution in [2.24, 2.45) is 0 Å². The molecule has 184 valence electrons. The summed E-state index contributed by atoms with van der Waals surface area (Å²) in [6, 6.07) is 21.1. The average Bonchev–Trinajstić information content (AvgIpc) is 2.82. The second-order valence-electron chi connectivity index (χ2n) is 8.10. The Kier molecular flexibility index (Phi) is 8.53. The quantitative estimate of drug-likeness (QED) is 0.420. The van der Waals surface area contributed by atoms with Crippen LogP contribution in [0.1, 0.15) is 42.2 Å². The van der Waals surface area contributed by atoms with Gasteiger partial charge in [-0.3, -0.25) is 13.9 Å². The van der Waals surface area contributed by atoms with E-state index in [1.54, 1.807) is 49.4 Å². The van der Waals surface area contributed by atoms with Crippen LogP contribution in [0, 0.1) is 0 Å². The second-order valence-corrected chi connectivity index (χ2v) is 10.4. The Balaban J connectivity index is 1.86. The van der Waals surface area contributed by atoms with Crippen molar-refractivity contribution in [3.8, 4) is 0 Å². The van der Waals surface area contributed by atoms with Crippen LogP contribution in [0.15, 0.2) is 78.9 Å². The minimum atomic E-state index is -3.82. The summed E-state index contributed by atoms with van der Waals surface area (Å²) < 4.78 is 26.4. The molecule has 0 saturated carbocycles. The Labute approximate surface area is 211 Å². The molecule has 3 aromatic rings. The predicted molar refractivity (Wildman–Crippen MR) is 140 cm³/mol. The van der Waals surface area contributed by atoms with Crippen LogP contribution in [0.5, 0.6) is 0 Å². The topological polar surface area (TPSA) is 95.6 Å². The molecular weight excluding hydrogens is 486 g/mol. The predicted octanol–water partition coefficient (Wildman–Crippen LogP) is 5.01. The van der Waals surface area contributed by atoms with Crippen molar-refractivity contribution in [1.29, 1.82) is 0 Å². The molecule has 0 spiro atoms. The van der Waals surface area contributed by atoms with Gasteiger partial charge in [0.15, 0.2) is 0 Å². The number of halogens is 1. The molecule has 35 heavy (non-hydrogen) atoms. The molecule has 2 N–H and O–H groups in total. The van der Waals surface area contributed by atoms with E-state index >= 15 is 0 Å². The van der Waals surface area contributed by atoms with Crippen molar-refractivity contribution in [2.75, 3.05) is 15.9 Å². The molecule has 0 aliphatic rings. The molecule has 0 fully saturated rings. The maximum atomic E-state index is 13.3. The summed E-state index contributed by atoms with van der Waals surface area (Å²) in [6.07, 6.45) is 1.24. The molecule has 2 atom stereocenters. The van der Waals surface area contributed by atoms with Crippen molar-refractivity contribution in [3.63, 3.8) is 0 Å². The number of amides is 2. The Hall–Kier alpha value is -3.36. The first-order valence-corrected chi connectivity index (χ1v) is 13.3. The van der Waals surface area contributed by atoms with Crippen LogP contribution in [-0.4, -0.2) is 32.5 Å². The number of sulfonamides is 1. The normalized spacial score (nSPS) is 12.9. The SMILES string of the molecule is CC[C@@H](C(=O)Nc1ccccc1C(=O)N[C@H](C)c1ccccc1)N(c1cccc(Cl)c1)S(C)(=O)=O. The van der Waals surface area contributed by atoms with E-state index in [2.05, 4.69) is 10.6 Å². The minimum absolute atomic E-state index is 0.199. The zero-order chi connectivity index (χ0) is 25.6. The summed E-state index contributed by atoms with van der Waals surface area (Å²) >= 11 is 6.07. The van der Waals surface area contributed by atoms with Gasteiger partial charge in [-0.25, -0.2) is 8.42 Å². The number of benzene rings is 3. The van der Waals surface area contributed by atoms with Crippen LogP contribution in [-0.2, 0) is 14.8 Å². The molecule has 0 bridgehead atoms. The molecule has 3 aromatic carbocycles. The molecule has 9 heteroatoms. The molecule has 0 saturated heterocycles. The lowest BCUT2D eigenvalue weighted by Crippen LogP contribution is -2.47. The zero-order valence-corrected chi connectivity index (χ0v) is 21.3. The molecule has 0 radical (unpaired) electrons. The Morgan fingerprint density at radius 1 is 0.971 bits per heavy atom. The molecule has 7 nitrogen and oxygen atoms in total. The molecule has 0 aliphatic carbocycles. The van der Waals surface area contributed by atoms with Gasteiger partial charge < -0.3 is 10.6 Å². The van der Waals surface area contributed by atoms with Gasteiger partial charge in [0.2, 0.25) is 15.9 Å². The molecule has 3 rings (SSSR count). The molecule has 0 unspecified atom stereocenters. The highest BCUT2D eigenvalue weighted by atomic mass is 35.5. The van der Waals surface area contributed by atoms with Gasteiger partial charge in [-0.1, -0.05) is 67.1 Å². The number of hydrogen-bond acceptors (Lipinski definition) is 4. The molecule has 0 aromatic heterocycles. The van der Waals surface area contributed by atoms with E-state index in [9.17, 15) is 18.0 Å². The van der Waals surface area contributed by atoms with E-state index in [0.717, 1.165) is 16.1 Å². The van der Waals surface area contributed by atoms with E-state index in [4.69, 9.17) is 11.6 Å². The van der Waals surface area contributed by atoms with Crippen LogP contribution >= 0.6 is 11.6 Å². The van der Waals surface area contributed by atoms with E-state index in [0.29, 0.717) is 5.02 Å². The maximum Gasteiger partial charge on any atom is 0.253 e. The third-order valence-electron chi connectivity index (χ3n) is 5.47. The van der Waals surface area contributed by atoms with Gasteiger partial charge in [-0.15, -0.1) is 0 Å². The van der Waals surface area contributed by atoms with Crippen molar-refractivity contribution >= 4 is 44.8 Å². The number of rotatable bonds is 9. The largest absolute Gasteiger partial charge is 0.345 e. The molecule has 0 heterocycles. The Morgan fingerprint density at radius 3 is 2.26 bits per heavy atom. The van der Waals surface area contributed by atoms with Gasteiger partial charge in [0.1, 0.15) is 6.04 Å². The third kappa shape index (κ3) is 6.61. The lowest BCUT2D eigenvalue weighted by atomic mass is 10.1. The fourth-order valence-corrected chi connectivity index (χ4v) is 5.17. The summed E-state index contributed by atoms with van der Waals surface area (Å²) in [6.45, 7) is 3.59. The number of hydrogen-bond donors (Lipinski definition) is 2. The summed E-state index contributed by atoms with van der Waals surface area (Å²) in [4.78, 5) is 26.4. The van der Waals surface area contributed by atoms with Crippen molar-refractivity contribution in [1.82, 2.24) is 5.32 Å². The number of carbonyl (C=O) groups excluding carboxylic acids is 2. The fraction of sp³-hybridized carbons (Fsp3) is 0.231. The lowest BCUT2D eigenvalue weighted by molar-refractivity contribution is -0.117. The van der Waals surface area contributed by atoms with Gasteiger partial charge in [0.05, 0.1) is 29.2 Å². The van der Waals surface area contributed by atoms with Gasteiger partial charge in [0.25, 0.3) is 5.91 Å². The highest BCUT2D eigenvalue weighted by molar-refractivity contribution is 7.92. The van der Waals surface area contributed by atoms with E-state index in [-0.39, 0.29) is 35.3 Å². The average molecular weight is 514 g/mol. The Bertz CT molecular complexity index is 1300. The first-order chi connectivity index (χ1) is 16.6. The number of carbonyl (C=O) groups is 2. The van der Waals surface area contributed by atoms with Crippen LogP contribution in [0.4, 0.5) is 11.4 Å². The van der Waals surface area contributed by atoms with Crippen LogP contribution in [0.3, 0.4) is 0 Å². The van der Waals surface area contributed by atoms with E-state index < -0.39 is 22.0 Å². The van der Waals surface area contributed by atoms with Gasteiger partial charge >= 0.3 is 0 Å². The van der Waals surface area contributed by atoms with Gasteiger partial charge in [-0.2, -0.15) is 0 Å². The van der Waals surface area contributed by atoms with Crippen molar-refractivity contribution in [2.45, 2.75) is 32.4 Å². The second kappa shape index (κ2) is 11.4. The molecular formula is C26H28ClN3O4S. The Morgan fingerprint density at radius 2 is 1.63 bits per heavy atom. The summed E-state index contributed by atoms with van der Waals surface area (Å²) in [5, 5.41) is 6.04. The van der Waals surface area contributed by atoms with Gasteiger partial charge in [0, 0.05) is 5.02 Å². The van der Waals surface area contributed by atoms with Crippen LogP contribution in [0.25, 0.3) is 0 Å². The standard InChI is InChI=1S/C26H28ClN3O4S/c1-4-24(30(35(3,33)34)21-14-10-13-20(27)17-21)26(32)29-23-16-9-8-15-22(23)25(31)28-18(2)19-11-6-5-7-12-19/h5-18,24H,4H2,1-3H3,(H,28,31)(H,29,32)/t18-,24+/m1/s1. The van der Waals surface area contributed by atoms with Crippen molar-refractivity contribution < 1.29 is 18.0 Å². The third-order valence-corrected chi connectivity index (χ3v) is 6.88. The smallest absolute Gasteiger partial charge is 0.253 e. The molecule has 0 aliphatic heterocycles. The first kappa shape index (κ1) is 26.2. The first-order valence-electron chi connectivity index (χ1n) is 11.1. The van der Waals surface area contributed by atoms with Gasteiger partial charge in [-0.05, 0) is 49.2 Å². The fourth-order valence-electron chi connectivity index (χ4n) is 3.78.